The largest absolute Gasteiger partial charge is 0.398 e. The van der Waals surface area contributed by atoms with Crippen molar-refractivity contribution in [3.05, 3.63) is 29.8 Å². The van der Waals surface area contributed by atoms with Gasteiger partial charge < -0.3 is 26.6 Å². The molecule has 1 atom stereocenters. The molecule has 0 aliphatic carbocycles. The summed E-state index contributed by atoms with van der Waals surface area (Å²) in [6.45, 7) is 9.11. The molecule has 1 aromatic carbocycles. The quantitative estimate of drug-likeness (QED) is 0.491. The Morgan fingerprint density at radius 2 is 1.75 bits per heavy atom. The topological polar surface area (TPSA) is 114 Å². The van der Waals surface area contributed by atoms with E-state index in [1.165, 1.54) is 0 Å². The van der Waals surface area contributed by atoms with Crippen molar-refractivity contribution in [1.29, 1.82) is 10.8 Å². The van der Waals surface area contributed by atoms with E-state index < -0.39 is 6.10 Å². The van der Waals surface area contributed by atoms with Crippen molar-refractivity contribution in [1.82, 2.24) is 4.90 Å². The summed E-state index contributed by atoms with van der Waals surface area (Å²) in [6, 6.07) is 7.04. The molecule has 0 bridgehead atoms. The lowest BCUT2D eigenvalue weighted by molar-refractivity contribution is 0.0474. The van der Waals surface area contributed by atoms with E-state index in [9.17, 15) is 9.90 Å². The summed E-state index contributed by atoms with van der Waals surface area (Å²) >= 11 is 0. The molecule has 6 nitrogen and oxygen atoms in total. The number of hydrogen-bond acceptors (Lipinski definition) is 5. The van der Waals surface area contributed by atoms with Crippen molar-refractivity contribution in [2.24, 2.45) is 0 Å². The first kappa shape index (κ1) is 24.0. The summed E-state index contributed by atoms with van der Waals surface area (Å²) in [6.07, 6.45) is 3.05. The Morgan fingerprint density at radius 1 is 1.21 bits per heavy atom. The summed E-state index contributed by atoms with van der Waals surface area (Å²) in [5.74, 6) is -0.0862. The average molecular weight is 336 g/mol. The molecule has 0 aromatic heterocycles. The molecule has 0 saturated carbocycles. The Hall–Kier alpha value is -2.21. The molecule has 1 aliphatic rings. The molecule has 1 heterocycles. The minimum absolute atomic E-state index is 0.0862. The highest BCUT2D eigenvalue weighted by molar-refractivity contribution is 6.12. The van der Waals surface area contributed by atoms with Crippen LogP contribution in [0.2, 0.25) is 0 Å². The van der Waals surface area contributed by atoms with E-state index in [4.69, 9.17) is 16.6 Å². The van der Waals surface area contributed by atoms with Crippen LogP contribution in [0.5, 0.6) is 0 Å². The molecule has 0 spiro atoms. The average Bonchev–Trinajstić information content (AvgIpc) is 2.65. The van der Waals surface area contributed by atoms with Crippen LogP contribution in [-0.4, -0.2) is 47.5 Å². The number of carbonyl (C=O) groups excluding carboxylic acids is 1. The van der Waals surface area contributed by atoms with Gasteiger partial charge in [0, 0.05) is 31.2 Å². The van der Waals surface area contributed by atoms with Gasteiger partial charge in [0.1, 0.15) is 0 Å². The standard InChI is InChI=1S/C12H16N2O2.C2H4N2.2C2H6/c13-11-6-2-1-5-10(11)12(16)14-7-3-4-9(15)8-14;3-1-2-4;2*1-2/h1-2,5-6,9,15H,3-4,7-8,13H2;1-4H;2*1-2H3. The summed E-state index contributed by atoms with van der Waals surface area (Å²) < 4.78 is 0. The number of aliphatic hydroxyl groups excluding tert-OH is 1. The molecule has 2 rings (SSSR count). The second-order valence-electron chi connectivity index (χ2n) is 4.47. The van der Waals surface area contributed by atoms with Crippen LogP contribution in [0.15, 0.2) is 24.3 Å². The number of nitrogens with zero attached hydrogens (tertiary/aromatic N) is 1. The van der Waals surface area contributed by atoms with Crippen molar-refractivity contribution < 1.29 is 9.90 Å². The van der Waals surface area contributed by atoms with E-state index in [0.29, 0.717) is 24.3 Å². The molecule has 1 fully saturated rings. The highest BCUT2D eigenvalue weighted by Crippen LogP contribution is 2.17. The van der Waals surface area contributed by atoms with Gasteiger partial charge in [0.15, 0.2) is 0 Å². The lowest BCUT2D eigenvalue weighted by atomic mass is 10.1. The van der Waals surface area contributed by atoms with Crippen LogP contribution in [0.1, 0.15) is 50.9 Å². The summed E-state index contributed by atoms with van der Waals surface area (Å²) in [4.78, 5) is 13.8. The molecule has 1 unspecified atom stereocenters. The van der Waals surface area contributed by atoms with E-state index in [-0.39, 0.29) is 5.91 Å². The maximum absolute atomic E-state index is 12.1. The number of nitrogen functional groups attached to an aromatic ring is 1. The number of nitrogens with one attached hydrogen (secondary N) is 2. The van der Waals surface area contributed by atoms with E-state index in [0.717, 1.165) is 25.3 Å². The number of amides is 1. The Kier molecular flexibility index (Phi) is 15.7. The maximum Gasteiger partial charge on any atom is 0.256 e. The van der Waals surface area contributed by atoms with Crippen molar-refractivity contribution in [2.45, 2.75) is 46.6 Å². The van der Waals surface area contributed by atoms with Gasteiger partial charge in [-0.2, -0.15) is 0 Å². The molecular formula is C18H32N4O2. The van der Waals surface area contributed by atoms with Crippen molar-refractivity contribution in [3.63, 3.8) is 0 Å². The van der Waals surface area contributed by atoms with Crippen LogP contribution in [0, 0.1) is 10.8 Å². The van der Waals surface area contributed by atoms with Crippen molar-refractivity contribution in [3.8, 4) is 0 Å². The van der Waals surface area contributed by atoms with Gasteiger partial charge in [0.05, 0.1) is 11.7 Å². The van der Waals surface area contributed by atoms with Crippen LogP contribution < -0.4 is 5.73 Å². The molecule has 136 valence electrons. The molecular weight excluding hydrogens is 304 g/mol. The Labute approximate surface area is 145 Å². The Morgan fingerprint density at radius 3 is 2.21 bits per heavy atom. The van der Waals surface area contributed by atoms with Crippen LogP contribution in [0.25, 0.3) is 0 Å². The number of benzene rings is 1. The zero-order valence-corrected chi connectivity index (χ0v) is 15.2. The summed E-state index contributed by atoms with van der Waals surface area (Å²) in [5, 5.41) is 21.7. The van der Waals surface area contributed by atoms with Gasteiger partial charge in [-0.1, -0.05) is 39.8 Å². The molecule has 0 radical (unpaired) electrons. The van der Waals surface area contributed by atoms with Crippen LogP contribution in [-0.2, 0) is 0 Å². The number of aliphatic hydroxyl groups is 1. The molecule has 1 saturated heterocycles. The molecule has 24 heavy (non-hydrogen) atoms. The van der Waals surface area contributed by atoms with Crippen LogP contribution >= 0.6 is 0 Å². The number of hydrogen-bond donors (Lipinski definition) is 4. The number of nitrogens with two attached hydrogens (primary N) is 1. The van der Waals surface area contributed by atoms with Crippen molar-refractivity contribution in [2.75, 3.05) is 18.8 Å². The highest BCUT2D eigenvalue weighted by Gasteiger charge is 2.23. The van der Waals surface area contributed by atoms with E-state index in [1.54, 1.807) is 29.2 Å². The predicted molar refractivity (Wildman–Crippen MR) is 102 cm³/mol. The van der Waals surface area contributed by atoms with Gasteiger partial charge in [0.2, 0.25) is 0 Å². The lowest BCUT2D eigenvalue weighted by Gasteiger charge is -2.30. The summed E-state index contributed by atoms with van der Waals surface area (Å²) in [5.41, 5.74) is 6.77. The molecule has 6 heteroatoms. The number of carbonyl (C=O) groups is 1. The number of piperidine rings is 1. The van der Waals surface area contributed by atoms with Gasteiger partial charge in [-0.15, -0.1) is 0 Å². The smallest absolute Gasteiger partial charge is 0.256 e. The fourth-order valence-corrected chi connectivity index (χ4v) is 2.00. The summed E-state index contributed by atoms with van der Waals surface area (Å²) in [7, 11) is 0. The fraction of sp³-hybridized carbons (Fsp3) is 0.500. The van der Waals surface area contributed by atoms with E-state index >= 15 is 0 Å². The van der Waals surface area contributed by atoms with Gasteiger partial charge in [-0.25, -0.2) is 0 Å². The van der Waals surface area contributed by atoms with Gasteiger partial charge >= 0.3 is 0 Å². The van der Waals surface area contributed by atoms with Gasteiger partial charge in [-0.3, -0.25) is 4.79 Å². The van der Waals surface area contributed by atoms with Gasteiger partial charge in [-0.05, 0) is 25.0 Å². The third kappa shape index (κ3) is 9.05. The fourth-order valence-electron chi connectivity index (χ4n) is 2.00. The molecule has 1 aliphatic heterocycles. The first-order valence-electron chi connectivity index (χ1n) is 8.41. The van der Waals surface area contributed by atoms with Gasteiger partial charge in [0.25, 0.3) is 5.91 Å². The van der Waals surface area contributed by atoms with E-state index in [1.807, 2.05) is 27.7 Å². The Bertz CT molecular complexity index is 472. The monoisotopic (exact) mass is 336 g/mol. The number of rotatable bonds is 2. The third-order valence-electron chi connectivity index (χ3n) is 2.96. The molecule has 5 N–H and O–H groups in total. The third-order valence-corrected chi connectivity index (χ3v) is 2.96. The predicted octanol–water partition coefficient (Wildman–Crippen LogP) is 3.20. The first-order valence-corrected chi connectivity index (χ1v) is 8.41. The maximum atomic E-state index is 12.1. The van der Waals surface area contributed by atoms with Crippen LogP contribution in [0.4, 0.5) is 5.69 Å². The number of β-amino-alcohol motifs (C(OH)–C–C–N with tert-alkyl or cyclic N) is 1. The van der Waals surface area contributed by atoms with E-state index in [2.05, 4.69) is 0 Å². The SMILES string of the molecule is CC.CC.N=CC=N.Nc1ccccc1C(=O)N1CCCC(O)C1. The van der Waals surface area contributed by atoms with Crippen molar-refractivity contribution >= 4 is 24.0 Å². The molecule has 1 amide bonds. The Balaban J connectivity index is 0. The lowest BCUT2D eigenvalue weighted by Crippen LogP contribution is -2.42. The number of likely N-dealkylation sites (tertiary alicyclic amines) is 1. The minimum atomic E-state index is -0.400. The second-order valence-corrected chi connectivity index (χ2v) is 4.47. The zero-order valence-electron chi connectivity index (χ0n) is 15.2. The highest BCUT2D eigenvalue weighted by atomic mass is 16.3. The number of anilines is 1. The minimum Gasteiger partial charge on any atom is -0.398 e. The zero-order chi connectivity index (χ0) is 19.0. The molecule has 1 aromatic rings. The normalized spacial score (nSPS) is 15.2. The number of para-hydroxylation sites is 1. The first-order chi connectivity index (χ1) is 11.6. The second kappa shape index (κ2) is 15.7. The van der Waals surface area contributed by atoms with Crippen LogP contribution in [0.3, 0.4) is 0 Å².